The van der Waals surface area contributed by atoms with Gasteiger partial charge in [-0.2, -0.15) is 0 Å². The molecule has 384 valence electrons. The number of hydrogen-bond donors (Lipinski definition) is 0. The van der Waals surface area contributed by atoms with Crippen molar-refractivity contribution in [1.82, 2.24) is 0 Å². The maximum absolute atomic E-state index is 12.8. The zero-order valence-corrected chi connectivity index (χ0v) is 43.8. The van der Waals surface area contributed by atoms with Crippen molar-refractivity contribution >= 4 is 17.9 Å². The van der Waals surface area contributed by atoms with Crippen LogP contribution in [0.2, 0.25) is 0 Å². The molecule has 0 heterocycles. The van der Waals surface area contributed by atoms with Gasteiger partial charge < -0.3 is 14.2 Å². The third-order valence-electron chi connectivity index (χ3n) is 11.2. The molecule has 0 amide bonds. The quantitative estimate of drug-likeness (QED) is 0.0262. The van der Waals surface area contributed by atoms with Gasteiger partial charge in [0.1, 0.15) is 13.2 Å². The van der Waals surface area contributed by atoms with E-state index in [4.69, 9.17) is 14.2 Å². The van der Waals surface area contributed by atoms with E-state index in [-0.39, 0.29) is 37.5 Å². The second-order valence-electron chi connectivity index (χ2n) is 17.7. The number of esters is 3. The van der Waals surface area contributed by atoms with Crippen molar-refractivity contribution in [2.75, 3.05) is 13.2 Å². The zero-order valence-electron chi connectivity index (χ0n) is 43.8. The van der Waals surface area contributed by atoms with Gasteiger partial charge in [0.25, 0.3) is 0 Å². The fraction of sp³-hybridized carbons (Fsp3) is 0.629. The predicted octanol–water partition coefficient (Wildman–Crippen LogP) is 18.5. The van der Waals surface area contributed by atoms with Crippen LogP contribution in [0.25, 0.3) is 0 Å². The summed E-state index contributed by atoms with van der Waals surface area (Å²) in [4.78, 5) is 38.1. The van der Waals surface area contributed by atoms with Crippen molar-refractivity contribution in [3.8, 4) is 0 Å². The molecule has 0 rings (SSSR count). The summed E-state index contributed by atoms with van der Waals surface area (Å²) in [7, 11) is 0. The summed E-state index contributed by atoms with van der Waals surface area (Å²) in [5.74, 6) is -0.991. The highest BCUT2D eigenvalue weighted by molar-refractivity contribution is 5.71. The number of rotatable bonds is 48. The normalized spacial score (nSPS) is 13.0. The third-order valence-corrected chi connectivity index (χ3v) is 11.2. The monoisotopic (exact) mass is 941 g/mol. The Bertz CT molecular complexity index is 1450. The maximum Gasteiger partial charge on any atom is 0.306 e. The van der Waals surface area contributed by atoms with Gasteiger partial charge in [-0.15, -0.1) is 0 Å². The highest BCUT2D eigenvalue weighted by atomic mass is 16.6. The fourth-order valence-electron chi connectivity index (χ4n) is 7.15. The van der Waals surface area contributed by atoms with Crippen LogP contribution in [0.3, 0.4) is 0 Å². The average Bonchev–Trinajstić information content (AvgIpc) is 3.34. The van der Waals surface area contributed by atoms with Gasteiger partial charge in [0, 0.05) is 19.3 Å². The Balaban J connectivity index is 4.50. The predicted molar refractivity (Wildman–Crippen MR) is 293 cm³/mol. The molecule has 0 aromatic heterocycles. The highest BCUT2D eigenvalue weighted by Gasteiger charge is 2.19. The Labute approximate surface area is 418 Å². The Kier molecular flexibility index (Phi) is 52.0. The molecule has 0 radical (unpaired) electrons. The van der Waals surface area contributed by atoms with E-state index in [1.54, 1.807) is 0 Å². The molecule has 68 heavy (non-hydrogen) atoms. The van der Waals surface area contributed by atoms with Crippen molar-refractivity contribution in [3.05, 3.63) is 122 Å². The number of ether oxygens (including phenoxy) is 3. The molecular weight excluding hydrogens is 841 g/mol. The van der Waals surface area contributed by atoms with Gasteiger partial charge in [-0.05, 0) is 103 Å². The molecule has 6 heteroatoms. The number of unbranched alkanes of at least 4 members (excludes halogenated alkanes) is 17. The number of carbonyl (C=O) groups is 3. The lowest BCUT2D eigenvalue weighted by Gasteiger charge is -2.18. The highest BCUT2D eigenvalue weighted by Crippen LogP contribution is 2.14. The molecule has 0 aliphatic rings. The lowest BCUT2D eigenvalue weighted by molar-refractivity contribution is -0.167. The lowest BCUT2D eigenvalue weighted by Crippen LogP contribution is -2.30. The first-order valence-electron chi connectivity index (χ1n) is 27.5. The van der Waals surface area contributed by atoms with E-state index in [1.165, 1.54) is 57.8 Å². The summed E-state index contributed by atoms with van der Waals surface area (Å²) in [6.07, 6.45) is 76.2. The second-order valence-corrected chi connectivity index (χ2v) is 17.7. The Morgan fingerprint density at radius 1 is 0.309 bits per heavy atom. The van der Waals surface area contributed by atoms with E-state index in [0.29, 0.717) is 19.3 Å². The van der Waals surface area contributed by atoms with Gasteiger partial charge in [0.15, 0.2) is 6.10 Å². The third kappa shape index (κ3) is 52.8. The number of carbonyl (C=O) groups excluding carboxylic acids is 3. The summed E-state index contributed by atoms with van der Waals surface area (Å²) in [6.45, 7) is 6.34. The topological polar surface area (TPSA) is 78.9 Å². The van der Waals surface area contributed by atoms with Gasteiger partial charge in [-0.1, -0.05) is 232 Å². The van der Waals surface area contributed by atoms with Gasteiger partial charge >= 0.3 is 17.9 Å². The fourth-order valence-corrected chi connectivity index (χ4v) is 7.15. The van der Waals surface area contributed by atoms with Crippen LogP contribution in [0.5, 0.6) is 0 Å². The van der Waals surface area contributed by atoms with E-state index in [0.717, 1.165) is 128 Å². The largest absolute Gasteiger partial charge is 0.462 e. The maximum atomic E-state index is 12.8. The molecule has 0 fully saturated rings. The van der Waals surface area contributed by atoms with E-state index in [1.807, 2.05) is 0 Å². The molecule has 1 atom stereocenters. The van der Waals surface area contributed by atoms with E-state index >= 15 is 0 Å². The Morgan fingerprint density at radius 3 is 0.941 bits per heavy atom. The number of allylic oxidation sites excluding steroid dienone is 20. The van der Waals surface area contributed by atoms with Crippen LogP contribution < -0.4 is 0 Å². The number of hydrogen-bond acceptors (Lipinski definition) is 6. The lowest BCUT2D eigenvalue weighted by atomic mass is 10.0. The minimum absolute atomic E-state index is 0.108. The summed E-state index contributed by atoms with van der Waals surface area (Å²) in [6, 6.07) is 0. The summed E-state index contributed by atoms with van der Waals surface area (Å²) < 4.78 is 16.8. The van der Waals surface area contributed by atoms with Gasteiger partial charge in [0.2, 0.25) is 0 Å². The van der Waals surface area contributed by atoms with Crippen molar-refractivity contribution in [2.45, 2.75) is 239 Å². The Hall–Kier alpha value is -4.19. The summed E-state index contributed by atoms with van der Waals surface area (Å²) >= 11 is 0. The van der Waals surface area contributed by atoms with Crippen molar-refractivity contribution in [1.29, 1.82) is 0 Å². The van der Waals surface area contributed by atoms with Gasteiger partial charge in [-0.3, -0.25) is 14.4 Å². The van der Waals surface area contributed by atoms with Crippen molar-refractivity contribution < 1.29 is 28.6 Å². The van der Waals surface area contributed by atoms with Crippen LogP contribution in [0, 0.1) is 0 Å². The summed E-state index contributed by atoms with van der Waals surface area (Å²) in [5.41, 5.74) is 0. The second kappa shape index (κ2) is 55.4. The molecule has 0 aliphatic heterocycles. The molecular formula is C62H100O6. The van der Waals surface area contributed by atoms with Gasteiger partial charge in [0.05, 0.1) is 0 Å². The smallest absolute Gasteiger partial charge is 0.306 e. The zero-order chi connectivity index (χ0) is 49.3. The minimum Gasteiger partial charge on any atom is -0.462 e. The first kappa shape index (κ1) is 63.8. The molecule has 0 aliphatic carbocycles. The van der Waals surface area contributed by atoms with E-state index < -0.39 is 6.10 Å². The molecule has 0 saturated carbocycles. The van der Waals surface area contributed by atoms with Crippen molar-refractivity contribution in [3.63, 3.8) is 0 Å². The first-order valence-corrected chi connectivity index (χ1v) is 27.5. The van der Waals surface area contributed by atoms with Gasteiger partial charge in [-0.25, -0.2) is 0 Å². The van der Waals surface area contributed by atoms with Crippen LogP contribution in [-0.4, -0.2) is 37.2 Å². The van der Waals surface area contributed by atoms with Crippen molar-refractivity contribution in [2.24, 2.45) is 0 Å². The van der Waals surface area contributed by atoms with Crippen LogP contribution >= 0.6 is 0 Å². The van der Waals surface area contributed by atoms with Crippen LogP contribution in [-0.2, 0) is 28.6 Å². The SMILES string of the molecule is CC/C=C\C/C=C\C/C=C\C/C=C\C/C=C\CCCCCCCC(=O)OCC(COC(=O)CCCCCCCCCCCCCC)OC(=O)CCC/C=C\C/C=C\C/C=C\C/C=C\C/C=C\CC. The first-order chi connectivity index (χ1) is 33.5. The van der Waals surface area contributed by atoms with Crippen LogP contribution in [0.4, 0.5) is 0 Å². The van der Waals surface area contributed by atoms with Crippen LogP contribution in [0.1, 0.15) is 233 Å². The van der Waals surface area contributed by atoms with E-state index in [2.05, 4.69) is 142 Å². The molecule has 6 nitrogen and oxygen atoms in total. The Morgan fingerprint density at radius 2 is 0.588 bits per heavy atom. The molecule has 0 aromatic carbocycles. The molecule has 0 N–H and O–H groups in total. The standard InChI is InChI=1S/C62H100O6/c1-4-7-10-13-16-19-22-25-27-29-30-31-32-34-35-37-40-43-46-49-52-55-61(64)67-58-59(57-66-60(63)54-51-48-45-42-39-24-21-18-15-12-9-6-3)68-62(65)56-53-50-47-44-41-38-36-33-28-26-23-20-17-14-11-8-5-2/h7-8,10-11,16-17,19-20,25-28,30-31,34-36,38,44,47,59H,4-6,9,12-15,18,21-24,29,32-33,37,39-43,45-46,48-58H2,1-3H3/b10-7-,11-8-,19-16-,20-17-,27-25-,28-26-,31-30-,35-34-,38-36-,47-44-. The minimum atomic E-state index is -0.818. The summed E-state index contributed by atoms with van der Waals surface area (Å²) in [5, 5.41) is 0. The molecule has 0 bridgehead atoms. The molecule has 0 saturated heterocycles. The molecule has 0 aromatic rings. The molecule has 1 unspecified atom stereocenters. The average molecular weight is 941 g/mol. The molecule has 0 spiro atoms. The van der Waals surface area contributed by atoms with E-state index in [9.17, 15) is 14.4 Å². The van der Waals surface area contributed by atoms with Crippen LogP contribution in [0.15, 0.2) is 122 Å².